The van der Waals surface area contributed by atoms with E-state index in [-0.39, 0.29) is 11.7 Å². The van der Waals surface area contributed by atoms with E-state index in [1.165, 1.54) is 5.56 Å². The Morgan fingerprint density at radius 2 is 1.90 bits per heavy atom. The van der Waals surface area contributed by atoms with E-state index in [4.69, 9.17) is 4.42 Å². The van der Waals surface area contributed by atoms with Crippen LogP contribution in [0.5, 0.6) is 0 Å². The van der Waals surface area contributed by atoms with Crippen LogP contribution in [0.2, 0.25) is 0 Å². The Morgan fingerprint density at radius 3 is 2.66 bits per heavy atom. The highest BCUT2D eigenvalue weighted by molar-refractivity contribution is 9.10. The van der Waals surface area contributed by atoms with Crippen molar-refractivity contribution in [2.24, 2.45) is 5.10 Å². The van der Waals surface area contributed by atoms with Gasteiger partial charge in [0.1, 0.15) is 5.58 Å². The van der Waals surface area contributed by atoms with Crippen molar-refractivity contribution in [1.82, 2.24) is 9.99 Å². The Balaban J connectivity index is 1.54. The van der Waals surface area contributed by atoms with Gasteiger partial charge in [0.05, 0.1) is 6.21 Å². The van der Waals surface area contributed by atoms with Crippen molar-refractivity contribution >= 4 is 39.0 Å². The van der Waals surface area contributed by atoms with Gasteiger partial charge in [-0.3, -0.25) is 4.79 Å². The third kappa shape index (κ3) is 3.76. The highest BCUT2D eigenvalue weighted by Crippen LogP contribution is 2.24. The summed E-state index contributed by atoms with van der Waals surface area (Å²) in [6.45, 7) is 6.15. The summed E-state index contributed by atoms with van der Waals surface area (Å²) in [6, 6.07) is 17.5. The van der Waals surface area contributed by atoms with Crippen LogP contribution in [0.15, 0.2) is 68.6 Å². The first-order valence-corrected chi connectivity index (χ1v) is 10.0. The lowest BCUT2D eigenvalue weighted by atomic mass is 10.2. The molecule has 0 fully saturated rings. The molecule has 6 heteroatoms. The lowest BCUT2D eigenvalue weighted by molar-refractivity contribution is 0.0929. The maximum Gasteiger partial charge on any atom is 0.307 e. The van der Waals surface area contributed by atoms with E-state index in [0.29, 0.717) is 5.58 Å². The van der Waals surface area contributed by atoms with Gasteiger partial charge >= 0.3 is 5.91 Å². The summed E-state index contributed by atoms with van der Waals surface area (Å²) >= 11 is 3.54. The molecule has 0 atom stereocenters. The summed E-state index contributed by atoms with van der Waals surface area (Å²) in [7, 11) is 0. The smallest absolute Gasteiger partial charge is 0.307 e. The third-order valence-corrected chi connectivity index (χ3v) is 5.78. The Bertz CT molecular complexity index is 1220. The fraction of sp³-hybridized carbons (Fsp3) is 0.130. The molecular weight excluding hydrogens is 430 g/mol. The number of carbonyl (C=O) groups excluding carboxylic acids is 1. The average molecular weight is 450 g/mol. The zero-order valence-electron chi connectivity index (χ0n) is 16.4. The summed E-state index contributed by atoms with van der Waals surface area (Å²) in [4.78, 5) is 12.3. The number of hydrazone groups is 1. The fourth-order valence-corrected chi connectivity index (χ4v) is 3.64. The largest absolute Gasteiger partial charge is 0.451 e. The number of fused-ring (bicyclic) bond motifs is 1. The van der Waals surface area contributed by atoms with E-state index < -0.39 is 0 Å². The van der Waals surface area contributed by atoms with Crippen molar-refractivity contribution < 1.29 is 9.21 Å². The van der Waals surface area contributed by atoms with Crippen molar-refractivity contribution in [3.8, 4) is 5.69 Å². The predicted octanol–water partition coefficient (Wildman–Crippen LogP) is 5.68. The molecule has 146 valence electrons. The fourth-order valence-electron chi connectivity index (χ4n) is 3.39. The first kappa shape index (κ1) is 19.2. The van der Waals surface area contributed by atoms with E-state index in [1.54, 1.807) is 12.3 Å². The van der Waals surface area contributed by atoms with Gasteiger partial charge in [0.25, 0.3) is 0 Å². The number of benzene rings is 2. The van der Waals surface area contributed by atoms with Gasteiger partial charge < -0.3 is 8.98 Å². The molecule has 0 unspecified atom stereocenters. The molecule has 5 nitrogen and oxygen atoms in total. The highest BCUT2D eigenvalue weighted by atomic mass is 79.9. The number of aryl methyl sites for hydroxylation is 2. The van der Waals surface area contributed by atoms with Crippen molar-refractivity contribution in [2.45, 2.75) is 20.8 Å². The number of furan rings is 1. The first-order valence-electron chi connectivity index (χ1n) is 9.21. The molecule has 0 aliphatic rings. The van der Waals surface area contributed by atoms with Gasteiger partial charge in [-0.2, -0.15) is 5.10 Å². The average Bonchev–Trinajstić information content (AvgIpc) is 3.25. The number of rotatable bonds is 4. The first-order chi connectivity index (χ1) is 13.9. The summed E-state index contributed by atoms with van der Waals surface area (Å²) < 4.78 is 8.82. The summed E-state index contributed by atoms with van der Waals surface area (Å²) in [5.74, 6) is -0.144. The highest BCUT2D eigenvalue weighted by Gasteiger charge is 2.12. The van der Waals surface area contributed by atoms with Gasteiger partial charge in [-0.1, -0.05) is 34.1 Å². The molecule has 1 N–H and O–H groups in total. The molecule has 0 spiro atoms. The monoisotopic (exact) mass is 449 g/mol. The normalized spacial score (nSPS) is 11.4. The summed E-state index contributed by atoms with van der Waals surface area (Å²) in [5, 5.41) is 5.01. The van der Waals surface area contributed by atoms with E-state index in [0.717, 1.165) is 32.5 Å². The van der Waals surface area contributed by atoms with Crippen LogP contribution in [0.3, 0.4) is 0 Å². The van der Waals surface area contributed by atoms with E-state index in [2.05, 4.69) is 57.0 Å². The quantitative estimate of drug-likeness (QED) is 0.322. The molecule has 2 heterocycles. The number of hydrogen-bond donors (Lipinski definition) is 1. The molecule has 0 radical (unpaired) electrons. The molecule has 0 aliphatic heterocycles. The number of nitrogens with zero attached hydrogens (tertiary/aromatic N) is 2. The molecule has 0 aliphatic carbocycles. The summed E-state index contributed by atoms with van der Waals surface area (Å²) in [5.41, 5.74) is 8.55. The van der Waals surface area contributed by atoms with Crippen LogP contribution in [-0.4, -0.2) is 16.7 Å². The number of para-hydroxylation sites is 1. The summed E-state index contributed by atoms with van der Waals surface area (Å²) in [6.07, 6.45) is 1.66. The molecule has 4 aromatic rings. The van der Waals surface area contributed by atoms with E-state index in [9.17, 15) is 4.79 Å². The number of hydrogen-bond acceptors (Lipinski definition) is 3. The third-order valence-electron chi connectivity index (χ3n) is 4.89. The van der Waals surface area contributed by atoms with Crippen LogP contribution in [-0.2, 0) is 0 Å². The number of halogens is 1. The van der Waals surface area contributed by atoms with Crippen LogP contribution < -0.4 is 5.43 Å². The second-order valence-electron chi connectivity index (χ2n) is 6.94. The lowest BCUT2D eigenvalue weighted by Crippen LogP contribution is -2.16. The zero-order chi connectivity index (χ0) is 20.5. The minimum absolute atomic E-state index is 0.235. The van der Waals surface area contributed by atoms with Crippen LogP contribution in [0, 0.1) is 20.8 Å². The van der Waals surface area contributed by atoms with Crippen LogP contribution in [0.25, 0.3) is 16.7 Å². The lowest BCUT2D eigenvalue weighted by Gasteiger charge is -2.11. The molecule has 2 aromatic heterocycles. The molecule has 29 heavy (non-hydrogen) atoms. The minimum Gasteiger partial charge on any atom is -0.451 e. The topological polar surface area (TPSA) is 59.5 Å². The van der Waals surface area contributed by atoms with Crippen LogP contribution in [0.1, 0.15) is 33.1 Å². The van der Waals surface area contributed by atoms with Crippen molar-refractivity contribution in [3.63, 3.8) is 0 Å². The van der Waals surface area contributed by atoms with Crippen molar-refractivity contribution in [2.75, 3.05) is 0 Å². The Labute approximate surface area is 177 Å². The van der Waals surface area contributed by atoms with Crippen LogP contribution >= 0.6 is 15.9 Å². The Hall–Kier alpha value is -3.12. The molecular formula is C23H20BrN3O2. The van der Waals surface area contributed by atoms with Gasteiger partial charge in [-0.05, 0) is 62.7 Å². The molecule has 0 saturated heterocycles. The molecule has 2 aromatic carbocycles. The molecule has 1 amide bonds. The maximum atomic E-state index is 12.3. The Morgan fingerprint density at radius 1 is 1.10 bits per heavy atom. The van der Waals surface area contributed by atoms with E-state index >= 15 is 0 Å². The van der Waals surface area contributed by atoms with Crippen molar-refractivity contribution in [3.05, 3.63) is 87.3 Å². The van der Waals surface area contributed by atoms with Crippen LogP contribution in [0.4, 0.5) is 0 Å². The zero-order valence-corrected chi connectivity index (χ0v) is 17.9. The van der Waals surface area contributed by atoms with Gasteiger partial charge in [0, 0.05) is 32.5 Å². The SMILES string of the molecule is Cc1cc(-n2c(C)cc(/C=N/NC(=O)c3cc4ccccc4o3)c2C)ccc1Br. The van der Waals surface area contributed by atoms with Gasteiger partial charge in [0.2, 0.25) is 0 Å². The molecule has 4 rings (SSSR count). The number of nitrogens with one attached hydrogen (secondary N) is 1. The standard InChI is InChI=1S/C23H20BrN3O2/c1-14-10-19(8-9-20(14)24)27-15(2)11-18(16(27)3)13-25-26-23(28)22-12-17-6-4-5-7-21(17)29-22/h4-13H,1-3H3,(H,26,28)/b25-13+. The predicted molar refractivity (Wildman–Crippen MR) is 119 cm³/mol. The second-order valence-corrected chi connectivity index (χ2v) is 7.80. The van der Waals surface area contributed by atoms with E-state index in [1.807, 2.05) is 43.3 Å². The second kappa shape index (κ2) is 7.72. The maximum absolute atomic E-state index is 12.3. The number of carbonyl (C=O) groups is 1. The number of amides is 1. The molecule has 0 saturated carbocycles. The van der Waals surface area contributed by atoms with Crippen molar-refractivity contribution in [1.29, 1.82) is 0 Å². The molecule has 0 bridgehead atoms. The van der Waals surface area contributed by atoms with Gasteiger partial charge in [-0.25, -0.2) is 5.43 Å². The minimum atomic E-state index is -0.380. The van der Waals surface area contributed by atoms with Gasteiger partial charge in [0.15, 0.2) is 5.76 Å². The number of aromatic nitrogens is 1. The Kier molecular flexibility index (Phi) is 5.11. The van der Waals surface area contributed by atoms with Gasteiger partial charge in [-0.15, -0.1) is 0 Å².